The standard InChI is InChI=1S/C22H18N2O2S3/c1-26-18-9-7-15(8-10-18)11-12-24-21(25)19(29-22(24)27)13-17-14-28-20(23-17)16-5-3-2-4-6-16/h2-10,13-14H,11-12H2,1H3/b19-13-. The SMILES string of the molecule is COc1ccc(CCN2C(=O)/C(=C/c3csc(-c4ccccc4)n3)SC2=S)cc1. The summed E-state index contributed by atoms with van der Waals surface area (Å²) in [6.07, 6.45) is 2.56. The van der Waals surface area contributed by atoms with Crippen molar-refractivity contribution in [1.29, 1.82) is 0 Å². The van der Waals surface area contributed by atoms with Crippen molar-refractivity contribution in [1.82, 2.24) is 9.88 Å². The maximum absolute atomic E-state index is 12.8. The number of hydrogen-bond acceptors (Lipinski definition) is 6. The van der Waals surface area contributed by atoms with Crippen molar-refractivity contribution in [3.05, 3.63) is 76.1 Å². The minimum absolute atomic E-state index is 0.0530. The van der Waals surface area contributed by atoms with Crippen molar-refractivity contribution in [2.45, 2.75) is 6.42 Å². The molecule has 0 saturated carbocycles. The predicted molar refractivity (Wildman–Crippen MR) is 124 cm³/mol. The highest BCUT2D eigenvalue weighted by molar-refractivity contribution is 8.26. The van der Waals surface area contributed by atoms with Gasteiger partial charge in [0.05, 0.1) is 17.7 Å². The maximum atomic E-state index is 12.8. The molecule has 1 aromatic heterocycles. The van der Waals surface area contributed by atoms with Gasteiger partial charge in [0, 0.05) is 17.5 Å². The highest BCUT2D eigenvalue weighted by Gasteiger charge is 2.31. The highest BCUT2D eigenvalue weighted by atomic mass is 32.2. The van der Waals surface area contributed by atoms with Gasteiger partial charge in [-0.25, -0.2) is 4.98 Å². The number of thioether (sulfide) groups is 1. The van der Waals surface area contributed by atoms with E-state index < -0.39 is 0 Å². The summed E-state index contributed by atoms with van der Waals surface area (Å²) in [6, 6.07) is 17.9. The largest absolute Gasteiger partial charge is 0.497 e. The number of amides is 1. The highest BCUT2D eigenvalue weighted by Crippen LogP contribution is 2.33. The molecule has 0 unspecified atom stereocenters. The molecule has 7 heteroatoms. The van der Waals surface area contributed by atoms with Gasteiger partial charge in [-0.2, -0.15) is 0 Å². The van der Waals surface area contributed by atoms with Crippen LogP contribution in [0.1, 0.15) is 11.3 Å². The molecule has 1 aliphatic rings. The van der Waals surface area contributed by atoms with Crippen LogP contribution in [0.15, 0.2) is 64.9 Å². The second kappa shape index (κ2) is 8.90. The van der Waals surface area contributed by atoms with E-state index in [0.717, 1.165) is 34.0 Å². The van der Waals surface area contributed by atoms with Gasteiger partial charge in [0.25, 0.3) is 5.91 Å². The predicted octanol–water partition coefficient (Wildman–Crippen LogP) is 5.26. The molecular formula is C22H18N2O2S3. The molecule has 0 N–H and O–H groups in total. The summed E-state index contributed by atoms with van der Waals surface area (Å²) in [5.41, 5.74) is 2.99. The molecule has 3 aromatic rings. The van der Waals surface area contributed by atoms with E-state index in [1.165, 1.54) is 11.8 Å². The summed E-state index contributed by atoms with van der Waals surface area (Å²) in [5, 5.41) is 2.90. The minimum Gasteiger partial charge on any atom is -0.497 e. The number of methoxy groups -OCH3 is 1. The molecule has 1 amide bonds. The van der Waals surface area contributed by atoms with Gasteiger partial charge in [-0.3, -0.25) is 9.69 Å². The molecule has 1 fully saturated rings. The quantitative estimate of drug-likeness (QED) is 0.388. The topological polar surface area (TPSA) is 42.4 Å². The second-order valence-electron chi connectivity index (χ2n) is 6.37. The van der Waals surface area contributed by atoms with Crippen LogP contribution in [0.2, 0.25) is 0 Å². The Bertz CT molecular complexity index is 1060. The Morgan fingerprint density at radius 3 is 2.62 bits per heavy atom. The molecule has 4 nitrogen and oxygen atoms in total. The molecular weight excluding hydrogens is 420 g/mol. The third kappa shape index (κ3) is 4.58. The fraction of sp³-hybridized carbons (Fsp3) is 0.136. The number of aromatic nitrogens is 1. The van der Waals surface area contributed by atoms with Crippen LogP contribution in [0.4, 0.5) is 0 Å². The van der Waals surface area contributed by atoms with Crippen LogP contribution in [-0.4, -0.2) is 33.8 Å². The van der Waals surface area contributed by atoms with Crippen LogP contribution in [0.3, 0.4) is 0 Å². The fourth-order valence-corrected chi connectivity index (χ4v) is 5.00. The van der Waals surface area contributed by atoms with Crippen molar-refractivity contribution in [2.75, 3.05) is 13.7 Å². The summed E-state index contributed by atoms with van der Waals surface area (Å²) in [6.45, 7) is 0.556. The number of carbonyl (C=O) groups is 1. The zero-order chi connectivity index (χ0) is 20.2. The Balaban J connectivity index is 1.44. The Labute approximate surface area is 183 Å². The van der Waals surface area contributed by atoms with Crippen LogP contribution < -0.4 is 4.74 Å². The lowest BCUT2D eigenvalue weighted by atomic mass is 10.1. The molecule has 0 radical (unpaired) electrons. The maximum Gasteiger partial charge on any atom is 0.266 e. The molecule has 0 atom stereocenters. The lowest BCUT2D eigenvalue weighted by Crippen LogP contribution is -2.30. The number of benzene rings is 2. The zero-order valence-electron chi connectivity index (χ0n) is 15.7. The molecule has 4 rings (SSSR count). The minimum atomic E-state index is -0.0530. The smallest absolute Gasteiger partial charge is 0.266 e. The normalized spacial score (nSPS) is 15.3. The Morgan fingerprint density at radius 1 is 1.14 bits per heavy atom. The number of hydrogen-bond donors (Lipinski definition) is 0. The van der Waals surface area contributed by atoms with E-state index in [1.54, 1.807) is 23.3 Å². The molecule has 1 aliphatic heterocycles. The van der Waals surface area contributed by atoms with E-state index in [0.29, 0.717) is 15.8 Å². The fourth-order valence-electron chi connectivity index (χ4n) is 2.93. The van der Waals surface area contributed by atoms with Crippen LogP contribution >= 0.6 is 35.3 Å². The molecule has 146 valence electrons. The summed E-state index contributed by atoms with van der Waals surface area (Å²) in [5.74, 6) is 0.767. The van der Waals surface area contributed by atoms with Crippen molar-refractivity contribution in [2.24, 2.45) is 0 Å². The third-order valence-corrected chi connectivity index (χ3v) is 6.77. The first-order chi connectivity index (χ1) is 14.1. The molecule has 0 spiro atoms. The number of thiazole rings is 1. The average molecular weight is 439 g/mol. The molecule has 1 saturated heterocycles. The number of carbonyl (C=O) groups excluding carboxylic acids is 1. The number of ether oxygens (including phenoxy) is 1. The Morgan fingerprint density at radius 2 is 1.90 bits per heavy atom. The number of thiocarbonyl (C=S) groups is 1. The summed E-state index contributed by atoms with van der Waals surface area (Å²) < 4.78 is 5.77. The van der Waals surface area contributed by atoms with Gasteiger partial charge in [0.15, 0.2) is 0 Å². The van der Waals surface area contributed by atoms with Gasteiger partial charge in [0.2, 0.25) is 0 Å². The Kier molecular flexibility index (Phi) is 6.08. The molecule has 2 heterocycles. The summed E-state index contributed by atoms with van der Waals surface area (Å²) in [7, 11) is 1.65. The number of rotatable bonds is 6. The van der Waals surface area contributed by atoms with Gasteiger partial charge in [0.1, 0.15) is 15.1 Å². The average Bonchev–Trinajstić information content (AvgIpc) is 3.32. The van der Waals surface area contributed by atoms with Crippen LogP contribution in [0.25, 0.3) is 16.6 Å². The first-order valence-corrected chi connectivity index (χ1v) is 11.1. The van der Waals surface area contributed by atoms with Gasteiger partial charge >= 0.3 is 0 Å². The van der Waals surface area contributed by atoms with Crippen molar-refractivity contribution in [3.8, 4) is 16.3 Å². The second-order valence-corrected chi connectivity index (χ2v) is 8.91. The molecule has 29 heavy (non-hydrogen) atoms. The lowest BCUT2D eigenvalue weighted by molar-refractivity contribution is -0.122. The van der Waals surface area contributed by atoms with E-state index in [1.807, 2.05) is 66.1 Å². The first-order valence-electron chi connectivity index (χ1n) is 9.03. The Hall–Kier alpha value is -2.48. The lowest BCUT2D eigenvalue weighted by Gasteiger charge is -2.14. The monoisotopic (exact) mass is 438 g/mol. The van der Waals surface area contributed by atoms with E-state index in [2.05, 4.69) is 4.98 Å². The molecule has 0 bridgehead atoms. The zero-order valence-corrected chi connectivity index (χ0v) is 18.2. The van der Waals surface area contributed by atoms with Gasteiger partial charge in [-0.15, -0.1) is 11.3 Å². The molecule has 0 aliphatic carbocycles. The van der Waals surface area contributed by atoms with Gasteiger partial charge in [-0.1, -0.05) is 66.4 Å². The third-order valence-electron chi connectivity index (χ3n) is 4.48. The van der Waals surface area contributed by atoms with Gasteiger partial charge < -0.3 is 4.74 Å². The van der Waals surface area contributed by atoms with Crippen molar-refractivity contribution in [3.63, 3.8) is 0 Å². The molecule has 2 aromatic carbocycles. The van der Waals surface area contributed by atoms with Crippen LogP contribution in [-0.2, 0) is 11.2 Å². The summed E-state index contributed by atoms with van der Waals surface area (Å²) >= 11 is 8.34. The van der Waals surface area contributed by atoms with E-state index in [-0.39, 0.29) is 5.91 Å². The van der Waals surface area contributed by atoms with Crippen molar-refractivity contribution < 1.29 is 9.53 Å². The number of nitrogens with zero attached hydrogens (tertiary/aromatic N) is 2. The van der Waals surface area contributed by atoms with E-state index >= 15 is 0 Å². The van der Waals surface area contributed by atoms with E-state index in [4.69, 9.17) is 17.0 Å². The first kappa shape index (κ1) is 19.8. The van der Waals surface area contributed by atoms with Gasteiger partial charge in [-0.05, 0) is 30.2 Å². The van der Waals surface area contributed by atoms with E-state index in [9.17, 15) is 4.79 Å². The summed E-state index contributed by atoms with van der Waals surface area (Å²) in [4.78, 5) is 19.8. The van der Waals surface area contributed by atoms with Crippen LogP contribution in [0.5, 0.6) is 5.75 Å². The van der Waals surface area contributed by atoms with Crippen molar-refractivity contribution >= 4 is 51.6 Å². The van der Waals surface area contributed by atoms with Crippen LogP contribution in [0, 0.1) is 0 Å².